The molecule has 0 aromatic heterocycles. The normalized spacial score (nSPS) is 24.2. The summed E-state index contributed by atoms with van der Waals surface area (Å²) in [5, 5.41) is -0.962. The second-order valence-electron chi connectivity index (χ2n) is 7.62. The number of sulfone groups is 2. The van der Waals surface area contributed by atoms with E-state index in [1.807, 2.05) is 30.0 Å². The van der Waals surface area contributed by atoms with Gasteiger partial charge in [0, 0.05) is 19.1 Å². The molecule has 8 heteroatoms. The van der Waals surface area contributed by atoms with Crippen LogP contribution in [0.15, 0.2) is 53.4 Å². The Morgan fingerprint density at radius 3 is 2.41 bits per heavy atom. The van der Waals surface area contributed by atoms with Crippen LogP contribution in [0.3, 0.4) is 0 Å². The standard InChI is InChI=1S/C21H25NO5S2/c1-2-27-18-7-9-19(10-8-18)29(25,26)21-15-28(23,24)14-20(21)22-12-11-16-5-3-4-6-17(16)13-22/h3-10,20-21H,2,11-15H2,1H3. The minimum atomic E-state index is -3.79. The Bertz CT molecular complexity index is 1090. The maximum absolute atomic E-state index is 13.4. The number of benzene rings is 2. The molecule has 2 atom stereocenters. The lowest BCUT2D eigenvalue weighted by molar-refractivity contribution is 0.195. The summed E-state index contributed by atoms with van der Waals surface area (Å²) < 4.78 is 57.0. The van der Waals surface area contributed by atoms with E-state index >= 15 is 0 Å². The molecule has 2 aromatic rings. The first-order valence-corrected chi connectivity index (χ1v) is 13.1. The fraction of sp³-hybridized carbons (Fsp3) is 0.429. The Hall–Kier alpha value is -1.90. The molecule has 0 saturated carbocycles. The smallest absolute Gasteiger partial charge is 0.183 e. The summed E-state index contributed by atoms with van der Waals surface area (Å²) in [5.74, 6) is 0.149. The first-order valence-electron chi connectivity index (χ1n) is 9.78. The molecule has 0 aliphatic carbocycles. The highest BCUT2D eigenvalue weighted by molar-refractivity contribution is 7.96. The van der Waals surface area contributed by atoms with E-state index in [4.69, 9.17) is 4.74 Å². The lowest BCUT2D eigenvalue weighted by Crippen LogP contribution is -2.48. The van der Waals surface area contributed by atoms with Crippen molar-refractivity contribution in [1.82, 2.24) is 4.90 Å². The van der Waals surface area contributed by atoms with Gasteiger partial charge in [-0.15, -0.1) is 0 Å². The Balaban J connectivity index is 1.64. The summed E-state index contributed by atoms with van der Waals surface area (Å²) in [6.45, 7) is 3.58. The SMILES string of the molecule is CCOc1ccc(S(=O)(=O)C2CS(=O)(=O)CC2N2CCc3ccccc3C2)cc1. The summed E-state index contributed by atoms with van der Waals surface area (Å²) in [5.41, 5.74) is 2.38. The molecule has 2 unspecified atom stereocenters. The molecule has 2 aliphatic rings. The fourth-order valence-electron chi connectivity index (χ4n) is 4.30. The zero-order chi connectivity index (χ0) is 20.6. The molecule has 1 saturated heterocycles. The molecular weight excluding hydrogens is 410 g/mol. The summed E-state index contributed by atoms with van der Waals surface area (Å²) in [6.07, 6.45) is 0.794. The van der Waals surface area contributed by atoms with Crippen LogP contribution in [0.2, 0.25) is 0 Å². The average Bonchev–Trinajstić information content (AvgIpc) is 3.05. The second-order valence-corrected chi connectivity index (χ2v) is 11.9. The molecule has 1 fully saturated rings. The lowest BCUT2D eigenvalue weighted by atomic mass is 9.98. The van der Waals surface area contributed by atoms with Crippen LogP contribution in [0.4, 0.5) is 0 Å². The molecule has 4 rings (SSSR count). The number of nitrogens with zero attached hydrogens (tertiary/aromatic N) is 1. The van der Waals surface area contributed by atoms with E-state index in [0.717, 1.165) is 12.0 Å². The first kappa shape index (κ1) is 20.4. The lowest BCUT2D eigenvalue weighted by Gasteiger charge is -2.35. The Labute approximate surface area is 172 Å². The van der Waals surface area contributed by atoms with Gasteiger partial charge in [-0.1, -0.05) is 24.3 Å². The van der Waals surface area contributed by atoms with Crippen LogP contribution >= 0.6 is 0 Å². The van der Waals surface area contributed by atoms with Gasteiger partial charge in [-0.3, -0.25) is 4.90 Å². The quantitative estimate of drug-likeness (QED) is 0.715. The van der Waals surface area contributed by atoms with E-state index in [1.165, 1.54) is 17.7 Å². The van der Waals surface area contributed by atoms with Crippen molar-refractivity contribution in [2.45, 2.75) is 36.1 Å². The fourth-order valence-corrected chi connectivity index (χ4v) is 9.13. The number of ether oxygens (including phenoxy) is 1. The molecule has 156 valence electrons. The van der Waals surface area contributed by atoms with E-state index in [9.17, 15) is 16.8 Å². The minimum Gasteiger partial charge on any atom is -0.494 e. The summed E-state index contributed by atoms with van der Waals surface area (Å²) in [4.78, 5) is 2.18. The van der Waals surface area contributed by atoms with Gasteiger partial charge in [-0.25, -0.2) is 16.8 Å². The third-order valence-electron chi connectivity index (χ3n) is 5.76. The molecule has 0 bridgehead atoms. The third-order valence-corrected chi connectivity index (χ3v) is 9.90. The first-order chi connectivity index (χ1) is 13.8. The molecule has 2 heterocycles. The monoisotopic (exact) mass is 435 g/mol. The van der Waals surface area contributed by atoms with Crippen molar-refractivity contribution in [1.29, 1.82) is 0 Å². The van der Waals surface area contributed by atoms with E-state index in [0.29, 0.717) is 25.4 Å². The Morgan fingerprint density at radius 1 is 1.03 bits per heavy atom. The molecular formula is C21H25NO5S2. The van der Waals surface area contributed by atoms with Crippen LogP contribution < -0.4 is 4.74 Å². The molecule has 0 spiro atoms. The highest BCUT2D eigenvalue weighted by Gasteiger charge is 2.48. The van der Waals surface area contributed by atoms with Gasteiger partial charge >= 0.3 is 0 Å². The van der Waals surface area contributed by atoms with Crippen molar-refractivity contribution < 1.29 is 21.6 Å². The van der Waals surface area contributed by atoms with Crippen molar-refractivity contribution >= 4 is 19.7 Å². The molecule has 2 aromatic carbocycles. The summed E-state index contributed by atoms with van der Waals surface area (Å²) in [6, 6.07) is 13.8. The molecule has 29 heavy (non-hydrogen) atoms. The van der Waals surface area contributed by atoms with Crippen LogP contribution in [0.25, 0.3) is 0 Å². The van der Waals surface area contributed by atoms with Crippen LogP contribution in [-0.4, -0.2) is 57.7 Å². The topological polar surface area (TPSA) is 80.8 Å². The molecule has 6 nitrogen and oxygen atoms in total. The Kier molecular flexibility index (Phi) is 5.44. The molecule has 0 amide bonds. The Morgan fingerprint density at radius 2 is 1.72 bits per heavy atom. The van der Waals surface area contributed by atoms with Gasteiger partial charge in [0.15, 0.2) is 19.7 Å². The van der Waals surface area contributed by atoms with Gasteiger partial charge in [0.2, 0.25) is 0 Å². The minimum absolute atomic E-state index is 0.115. The van der Waals surface area contributed by atoms with E-state index in [2.05, 4.69) is 6.07 Å². The van der Waals surface area contributed by atoms with Crippen molar-refractivity contribution in [3.8, 4) is 5.75 Å². The van der Waals surface area contributed by atoms with Gasteiger partial charge in [-0.2, -0.15) is 0 Å². The van der Waals surface area contributed by atoms with E-state index in [1.54, 1.807) is 12.1 Å². The van der Waals surface area contributed by atoms with E-state index < -0.39 is 31.0 Å². The largest absolute Gasteiger partial charge is 0.494 e. The maximum Gasteiger partial charge on any atom is 0.183 e. The van der Waals surface area contributed by atoms with Crippen molar-refractivity contribution in [3.63, 3.8) is 0 Å². The molecule has 0 N–H and O–H groups in total. The van der Waals surface area contributed by atoms with Gasteiger partial charge in [0.05, 0.1) is 28.3 Å². The van der Waals surface area contributed by atoms with Gasteiger partial charge < -0.3 is 4.74 Å². The van der Waals surface area contributed by atoms with Crippen molar-refractivity contribution in [3.05, 3.63) is 59.7 Å². The zero-order valence-electron chi connectivity index (χ0n) is 16.3. The van der Waals surface area contributed by atoms with Crippen molar-refractivity contribution in [2.75, 3.05) is 24.7 Å². The van der Waals surface area contributed by atoms with Crippen LogP contribution in [0.1, 0.15) is 18.1 Å². The number of rotatable bonds is 5. The average molecular weight is 436 g/mol. The van der Waals surface area contributed by atoms with Gasteiger partial charge in [-0.05, 0) is 48.7 Å². The summed E-state index contributed by atoms with van der Waals surface area (Å²) >= 11 is 0. The predicted molar refractivity (Wildman–Crippen MR) is 112 cm³/mol. The zero-order valence-corrected chi connectivity index (χ0v) is 18.0. The van der Waals surface area contributed by atoms with Crippen LogP contribution in [0, 0.1) is 0 Å². The summed E-state index contributed by atoms with van der Waals surface area (Å²) in [7, 11) is -7.22. The van der Waals surface area contributed by atoms with Crippen molar-refractivity contribution in [2.24, 2.45) is 0 Å². The highest BCUT2D eigenvalue weighted by Crippen LogP contribution is 2.32. The number of hydrogen-bond acceptors (Lipinski definition) is 6. The number of fused-ring (bicyclic) bond motifs is 1. The highest BCUT2D eigenvalue weighted by atomic mass is 32.2. The number of hydrogen-bond donors (Lipinski definition) is 0. The van der Waals surface area contributed by atoms with Crippen LogP contribution in [0.5, 0.6) is 5.75 Å². The second kappa shape index (κ2) is 7.74. The van der Waals surface area contributed by atoms with E-state index in [-0.39, 0.29) is 16.4 Å². The van der Waals surface area contributed by atoms with Crippen LogP contribution in [-0.2, 0) is 32.6 Å². The molecule has 0 radical (unpaired) electrons. The maximum atomic E-state index is 13.4. The molecule has 2 aliphatic heterocycles. The van der Waals surface area contributed by atoms with Gasteiger partial charge in [0.25, 0.3) is 0 Å². The third kappa shape index (κ3) is 4.06. The predicted octanol–water partition coefficient (Wildman–Crippen LogP) is 2.08. The van der Waals surface area contributed by atoms with Gasteiger partial charge in [0.1, 0.15) is 5.75 Å².